The van der Waals surface area contributed by atoms with Crippen LogP contribution in [0.4, 0.5) is 11.6 Å². The minimum atomic E-state index is -0.165. The number of carbonyl (C=O) groups excluding carboxylic acids is 1. The third-order valence-electron chi connectivity index (χ3n) is 4.66. The van der Waals surface area contributed by atoms with Gasteiger partial charge in [-0.2, -0.15) is 0 Å². The minimum absolute atomic E-state index is 0.165. The van der Waals surface area contributed by atoms with Crippen LogP contribution in [0.15, 0.2) is 36.7 Å². The number of hydrogen-bond donors (Lipinski definition) is 2. The Balaban J connectivity index is 1.53. The summed E-state index contributed by atoms with van der Waals surface area (Å²) in [5, 5.41) is 5.93. The summed E-state index contributed by atoms with van der Waals surface area (Å²) in [6, 6.07) is 8.46. The number of piperidine rings is 1. The molecule has 0 radical (unpaired) electrons. The van der Waals surface area contributed by atoms with Crippen LogP contribution < -0.4 is 15.5 Å². The summed E-state index contributed by atoms with van der Waals surface area (Å²) in [7, 11) is 0. The highest BCUT2D eigenvalue weighted by Gasteiger charge is 2.16. The van der Waals surface area contributed by atoms with E-state index in [-0.39, 0.29) is 5.91 Å². The van der Waals surface area contributed by atoms with Gasteiger partial charge in [-0.05, 0) is 43.4 Å². The van der Waals surface area contributed by atoms with Crippen molar-refractivity contribution in [3.63, 3.8) is 0 Å². The Morgan fingerprint density at radius 3 is 2.62 bits per heavy atom. The molecule has 0 aliphatic carbocycles. The monoisotopic (exact) mass is 353 g/mol. The summed E-state index contributed by atoms with van der Waals surface area (Å²) in [4.78, 5) is 22.9. The molecular weight excluding hydrogens is 326 g/mol. The average molecular weight is 353 g/mol. The van der Waals surface area contributed by atoms with Gasteiger partial charge in [0.2, 0.25) is 5.95 Å². The molecule has 2 heterocycles. The highest BCUT2D eigenvalue weighted by atomic mass is 16.1. The van der Waals surface area contributed by atoms with E-state index in [9.17, 15) is 4.79 Å². The van der Waals surface area contributed by atoms with Gasteiger partial charge >= 0.3 is 0 Å². The van der Waals surface area contributed by atoms with Crippen LogP contribution >= 0.6 is 0 Å². The largest absolute Gasteiger partial charge is 0.371 e. The van der Waals surface area contributed by atoms with Gasteiger partial charge in [-0.15, -0.1) is 0 Å². The summed E-state index contributed by atoms with van der Waals surface area (Å²) in [6.45, 7) is 7.77. The number of anilines is 2. The summed E-state index contributed by atoms with van der Waals surface area (Å²) in [5.41, 5.74) is 2.81. The maximum absolute atomic E-state index is 12.2. The molecule has 0 unspecified atom stereocenters. The lowest BCUT2D eigenvalue weighted by atomic mass is 9.99. The molecule has 1 aliphatic rings. The Bertz CT molecular complexity index is 714. The van der Waals surface area contributed by atoms with Crippen molar-refractivity contribution in [2.75, 3.05) is 29.9 Å². The van der Waals surface area contributed by atoms with Gasteiger partial charge in [0.05, 0.1) is 5.56 Å². The molecule has 6 nitrogen and oxygen atoms in total. The van der Waals surface area contributed by atoms with Crippen molar-refractivity contribution in [2.24, 2.45) is 5.92 Å². The zero-order valence-electron chi connectivity index (χ0n) is 15.5. The lowest BCUT2D eigenvalue weighted by molar-refractivity contribution is 0.0950. The fourth-order valence-electron chi connectivity index (χ4n) is 3.23. The van der Waals surface area contributed by atoms with Crippen molar-refractivity contribution in [1.29, 1.82) is 0 Å². The van der Waals surface area contributed by atoms with E-state index < -0.39 is 0 Å². The molecule has 1 aromatic heterocycles. The summed E-state index contributed by atoms with van der Waals surface area (Å²) < 4.78 is 0. The van der Waals surface area contributed by atoms with Crippen molar-refractivity contribution < 1.29 is 4.79 Å². The van der Waals surface area contributed by atoms with Crippen LogP contribution in [-0.4, -0.2) is 35.5 Å². The molecule has 2 N–H and O–H groups in total. The van der Waals surface area contributed by atoms with Crippen LogP contribution in [0.1, 0.15) is 42.6 Å². The van der Waals surface area contributed by atoms with E-state index in [1.54, 1.807) is 12.4 Å². The summed E-state index contributed by atoms with van der Waals surface area (Å²) >= 11 is 0. The molecule has 1 atom stereocenters. The van der Waals surface area contributed by atoms with E-state index in [4.69, 9.17) is 0 Å². The quantitative estimate of drug-likeness (QED) is 0.835. The molecule has 0 saturated carbocycles. The van der Waals surface area contributed by atoms with E-state index in [2.05, 4.69) is 56.7 Å². The molecule has 26 heavy (non-hydrogen) atoms. The van der Waals surface area contributed by atoms with Gasteiger partial charge < -0.3 is 15.5 Å². The van der Waals surface area contributed by atoms with Crippen molar-refractivity contribution in [2.45, 2.75) is 33.2 Å². The number of hydrogen-bond acceptors (Lipinski definition) is 5. The first-order valence-electron chi connectivity index (χ1n) is 9.33. The number of aromatic nitrogens is 2. The molecule has 1 aromatic carbocycles. The lowest BCUT2D eigenvalue weighted by Crippen LogP contribution is -2.34. The van der Waals surface area contributed by atoms with E-state index in [1.165, 1.54) is 18.5 Å². The Kier molecular flexibility index (Phi) is 6.04. The smallest absolute Gasteiger partial charge is 0.254 e. The van der Waals surface area contributed by atoms with Crippen molar-refractivity contribution in [3.05, 3.63) is 47.8 Å². The topological polar surface area (TPSA) is 70.2 Å². The van der Waals surface area contributed by atoms with E-state index in [0.29, 0.717) is 18.1 Å². The van der Waals surface area contributed by atoms with Crippen LogP contribution in [0.2, 0.25) is 0 Å². The summed E-state index contributed by atoms with van der Waals surface area (Å²) in [6.07, 6.45) is 5.66. The number of carbonyl (C=O) groups is 1. The molecule has 1 aliphatic heterocycles. The fourth-order valence-corrected chi connectivity index (χ4v) is 3.23. The van der Waals surface area contributed by atoms with Crippen molar-refractivity contribution in [1.82, 2.24) is 15.3 Å². The van der Waals surface area contributed by atoms with E-state index >= 15 is 0 Å². The predicted octanol–water partition coefficient (Wildman–Crippen LogP) is 3.07. The minimum Gasteiger partial charge on any atom is -0.371 e. The Morgan fingerprint density at radius 2 is 1.96 bits per heavy atom. The molecule has 6 heteroatoms. The van der Waals surface area contributed by atoms with E-state index in [1.807, 2.05) is 6.92 Å². The van der Waals surface area contributed by atoms with Gasteiger partial charge in [0, 0.05) is 44.3 Å². The second kappa shape index (κ2) is 8.65. The molecule has 1 fully saturated rings. The van der Waals surface area contributed by atoms with Crippen LogP contribution in [0.5, 0.6) is 0 Å². The number of nitrogens with zero attached hydrogens (tertiary/aromatic N) is 3. The van der Waals surface area contributed by atoms with Gasteiger partial charge in [-0.1, -0.05) is 19.1 Å². The highest BCUT2D eigenvalue weighted by molar-refractivity contribution is 5.93. The third-order valence-corrected chi connectivity index (χ3v) is 4.66. The Morgan fingerprint density at radius 1 is 1.23 bits per heavy atom. The fraction of sp³-hybridized carbons (Fsp3) is 0.450. The first-order chi connectivity index (χ1) is 12.7. The number of rotatable bonds is 6. The van der Waals surface area contributed by atoms with Gasteiger partial charge in [0.25, 0.3) is 5.91 Å². The third kappa shape index (κ3) is 4.71. The number of amides is 1. The van der Waals surface area contributed by atoms with Crippen LogP contribution in [0, 0.1) is 5.92 Å². The molecule has 1 saturated heterocycles. The molecular formula is C20H27N5O. The van der Waals surface area contributed by atoms with Gasteiger partial charge in [0.15, 0.2) is 0 Å². The van der Waals surface area contributed by atoms with Crippen molar-refractivity contribution >= 4 is 17.5 Å². The second-order valence-corrected chi connectivity index (χ2v) is 6.87. The SMILES string of the molecule is CCNc1ncc(C(=O)NCc2ccc(N3CCC[C@H](C)C3)cc2)cn1. The predicted molar refractivity (Wildman–Crippen MR) is 104 cm³/mol. The molecule has 3 rings (SSSR count). The first kappa shape index (κ1) is 18.2. The van der Waals surface area contributed by atoms with Crippen LogP contribution in [-0.2, 0) is 6.54 Å². The molecule has 138 valence electrons. The molecule has 2 aromatic rings. The Hall–Kier alpha value is -2.63. The molecule has 0 spiro atoms. The zero-order chi connectivity index (χ0) is 18.4. The maximum atomic E-state index is 12.2. The van der Waals surface area contributed by atoms with Crippen LogP contribution in [0.3, 0.4) is 0 Å². The lowest BCUT2D eigenvalue weighted by Gasteiger charge is -2.32. The van der Waals surface area contributed by atoms with Gasteiger partial charge in [0.1, 0.15) is 0 Å². The molecule has 1 amide bonds. The standard InChI is InChI=1S/C20H27N5O/c1-3-21-20-23-12-17(13-24-20)19(26)22-11-16-6-8-18(9-7-16)25-10-4-5-15(2)14-25/h6-9,12-13,15H,3-5,10-11,14H2,1-2H3,(H,22,26)(H,21,23,24)/t15-/m0/s1. The average Bonchev–Trinajstić information content (AvgIpc) is 2.67. The van der Waals surface area contributed by atoms with Gasteiger partial charge in [-0.25, -0.2) is 9.97 Å². The zero-order valence-corrected chi connectivity index (χ0v) is 15.5. The molecule has 0 bridgehead atoms. The normalized spacial score (nSPS) is 17.0. The van der Waals surface area contributed by atoms with Crippen LogP contribution in [0.25, 0.3) is 0 Å². The second-order valence-electron chi connectivity index (χ2n) is 6.87. The van der Waals surface area contributed by atoms with Gasteiger partial charge in [-0.3, -0.25) is 4.79 Å². The Labute approximate surface area is 155 Å². The maximum Gasteiger partial charge on any atom is 0.254 e. The van der Waals surface area contributed by atoms with E-state index in [0.717, 1.165) is 31.1 Å². The number of benzene rings is 1. The van der Waals surface area contributed by atoms with Crippen molar-refractivity contribution in [3.8, 4) is 0 Å². The summed E-state index contributed by atoms with van der Waals surface area (Å²) in [5.74, 6) is 1.12. The number of nitrogens with one attached hydrogen (secondary N) is 2. The first-order valence-corrected chi connectivity index (χ1v) is 9.33. The highest BCUT2D eigenvalue weighted by Crippen LogP contribution is 2.23.